The average Bonchev–Trinajstić information content (AvgIpc) is 2.97. The SMILES string of the molecule is O=C(Nc1cccc(F)c1)N1CCS[C@@H]1c1ccc(F)cc1. The van der Waals surface area contributed by atoms with Crippen LogP contribution in [0.2, 0.25) is 0 Å². The Balaban J connectivity index is 1.75. The van der Waals surface area contributed by atoms with Crippen LogP contribution in [0.1, 0.15) is 10.9 Å². The lowest BCUT2D eigenvalue weighted by Gasteiger charge is -2.24. The average molecular weight is 320 g/mol. The molecule has 0 bridgehead atoms. The Labute approximate surface area is 131 Å². The van der Waals surface area contributed by atoms with Crippen LogP contribution in [0.25, 0.3) is 0 Å². The van der Waals surface area contributed by atoms with Gasteiger partial charge in [-0.15, -0.1) is 11.8 Å². The van der Waals surface area contributed by atoms with Crippen LogP contribution in [-0.2, 0) is 0 Å². The summed E-state index contributed by atoms with van der Waals surface area (Å²) in [5.41, 5.74) is 1.29. The predicted molar refractivity (Wildman–Crippen MR) is 83.7 cm³/mol. The molecule has 114 valence electrons. The summed E-state index contributed by atoms with van der Waals surface area (Å²) in [6.45, 7) is 0.591. The maximum absolute atomic E-state index is 13.2. The molecule has 6 heteroatoms. The van der Waals surface area contributed by atoms with E-state index in [0.717, 1.165) is 11.3 Å². The third kappa shape index (κ3) is 3.22. The molecule has 3 rings (SSSR count). The summed E-state index contributed by atoms with van der Waals surface area (Å²) in [6.07, 6.45) is 0. The number of nitrogens with one attached hydrogen (secondary N) is 1. The van der Waals surface area contributed by atoms with Gasteiger partial charge < -0.3 is 10.2 Å². The van der Waals surface area contributed by atoms with Crippen LogP contribution < -0.4 is 5.32 Å². The first-order valence-electron chi connectivity index (χ1n) is 6.84. The van der Waals surface area contributed by atoms with Crippen molar-refractivity contribution in [2.45, 2.75) is 5.37 Å². The Hall–Kier alpha value is -2.08. The molecule has 1 N–H and O–H groups in total. The van der Waals surface area contributed by atoms with E-state index in [0.29, 0.717) is 12.2 Å². The van der Waals surface area contributed by atoms with Gasteiger partial charge in [-0.25, -0.2) is 13.6 Å². The minimum absolute atomic E-state index is 0.158. The van der Waals surface area contributed by atoms with Crippen LogP contribution in [0.15, 0.2) is 48.5 Å². The van der Waals surface area contributed by atoms with Crippen molar-refractivity contribution in [1.82, 2.24) is 4.90 Å². The second-order valence-electron chi connectivity index (χ2n) is 4.91. The largest absolute Gasteiger partial charge is 0.323 e. The molecular weight excluding hydrogens is 306 g/mol. The molecule has 1 heterocycles. The van der Waals surface area contributed by atoms with E-state index in [-0.39, 0.29) is 17.2 Å². The van der Waals surface area contributed by atoms with Crippen molar-refractivity contribution in [3.63, 3.8) is 0 Å². The number of rotatable bonds is 2. The predicted octanol–water partition coefficient (Wildman–Crippen LogP) is 4.24. The summed E-state index contributed by atoms with van der Waals surface area (Å²) in [4.78, 5) is 14.1. The van der Waals surface area contributed by atoms with Crippen molar-refractivity contribution in [2.75, 3.05) is 17.6 Å². The zero-order valence-electron chi connectivity index (χ0n) is 11.6. The summed E-state index contributed by atoms with van der Waals surface area (Å²) in [5, 5.41) is 2.54. The van der Waals surface area contributed by atoms with Crippen LogP contribution in [0, 0.1) is 11.6 Å². The minimum atomic E-state index is -0.399. The Kier molecular flexibility index (Phi) is 4.29. The summed E-state index contributed by atoms with van der Waals surface area (Å²) in [7, 11) is 0. The molecule has 1 saturated heterocycles. The number of nitrogens with zero attached hydrogens (tertiary/aromatic N) is 1. The van der Waals surface area contributed by atoms with Crippen molar-refractivity contribution in [2.24, 2.45) is 0 Å². The van der Waals surface area contributed by atoms with Crippen molar-refractivity contribution in [3.8, 4) is 0 Å². The lowest BCUT2D eigenvalue weighted by atomic mass is 10.2. The standard InChI is InChI=1S/C16H14F2N2OS/c17-12-6-4-11(5-7-12)15-20(8-9-22-15)16(21)19-14-3-1-2-13(18)10-14/h1-7,10,15H,8-9H2,(H,19,21)/t15-/m1/s1. The van der Waals surface area contributed by atoms with E-state index in [1.165, 1.54) is 24.3 Å². The van der Waals surface area contributed by atoms with Crippen molar-refractivity contribution in [1.29, 1.82) is 0 Å². The number of thioether (sulfide) groups is 1. The highest BCUT2D eigenvalue weighted by molar-refractivity contribution is 7.99. The Bertz CT molecular complexity index is 678. The maximum atomic E-state index is 13.2. The number of anilines is 1. The number of hydrogen-bond acceptors (Lipinski definition) is 2. The third-order valence-corrected chi connectivity index (χ3v) is 4.64. The highest BCUT2D eigenvalue weighted by atomic mass is 32.2. The first-order valence-corrected chi connectivity index (χ1v) is 7.88. The van der Waals surface area contributed by atoms with E-state index in [1.54, 1.807) is 40.9 Å². The molecule has 1 aliphatic rings. The monoisotopic (exact) mass is 320 g/mol. The topological polar surface area (TPSA) is 32.3 Å². The highest BCUT2D eigenvalue weighted by Crippen LogP contribution is 2.38. The van der Waals surface area contributed by atoms with E-state index < -0.39 is 5.82 Å². The molecule has 0 radical (unpaired) electrons. The number of hydrogen-bond donors (Lipinski definition) is 1. The molecule has 0 saturated carbocycles. The summed E-state index contributed by atoms with van der Waals surface area (Å²) >= 11 is 1.62. The molecule has 0 unspecified atom stereocenters. The number of carbonyl (C=O) groups excluding carboxylic acids is 1. The molecular formula is C16H14F2N2OS. The molecule has 22 heavy (non-hydrogen) atoms. The Morgan fingerprint density at radius 1 is 1.14 bits per heavy atom. The lowest BCUT2D eigenvalue weighted by Crippen LogP contribution is -2.34. The molecule has 0 spiro atoms. The molecule has 0 aromatic heterocycles. The quantitative estimate of drug-likeness (QED) is 0.897. The molecule has 0 aliphatic carbocycles. The fourth-order valence-corrected chi connectivity index (χ4v) is 3.60. The molecule has 1 aliphatic heterocycles. The molecule has 3 nitrogen and oxygen atoms in total. The van der Waals surface area contributed by atoms with Crippen molar-refractivity contribution in [3.05, 3.63) is 65.7 Å². The molecule has 2 amide bonds. The van der Waals surface area contributed by atoms with Gasteiger partial charge >= 0.3 is 6.03 Å². The maximum Gasteiger partial charge on any atom is 0.323 e. The van der Waals surface area contributed by atoms with Gasteiger partial charge in [0.05, 0.1) is 0 Å². The summed E-state index contributed by atoms with van der Waals surface area (Å²) in [5.74, 6) is 0.102. The zero-order chi connectivity index (χ0) is 15.5. The van der Waals surface area contributed by atoms with Gasteiger partial charge in [0.2, 0.25) is 0 Å². The van der Waals surface area contributed by atoms with Gasteiger partial charge in [0.15, 0.2) is 0 Å². The van der Waals surface area contributed by atoms with E-state index in [2.05, 4.69) is 5.32 Å². The van der Waals surface area contributed by atoms with Gasteiger partial charge in [0.25, 0.3) is 0 Å². The summed E-state index contributed by atoms with van der Waals surface area (Å²) in [6, 6.07) is 11.6. The van der Waals surface area contributed by atoms with Crippen LogP contribution in [-0.4, -0.2) is 23.2 Å². The zero-order valence-corrected chi connectivity index (χ0v) is 12.4. The van der Waals surface area contributed by atoms with Gasteiger partial charge in [-0.3, -0.25) is 0 Å². The normalized spacial score (nSPS) is 17.5. The fourth-order valence-electron chi connectivity index (χ4n) is 2.34. The van der Waals surface area contributed by atoms with Crippen molar-refractivity contribution < 1.29 is 13.6 Å². The van der Waals surface area contributed by atoms with Crippen LogP contribution >= 0.6 is 11.8 Å². The van der Waals surface area contributed by atoms with E-state index >= 15 is 0 Å². The van der Waals surface area contributed by atoms with Crippen molar-refractivity contribution >= 4 is 23.5 Å². The van der Waals surface area contributed by atoms with Gasteiger partial charge in [0, 0.05) is 18.0 Å². The van der Waals surface area contributed by atoms with E-state index in [1.807, 2.05) is 0 Å². The smallest absolute Gasteiger partial charge is 0.308 e. The fraction of sp³-hybridized carbons (Fsp3) is 0.188. The number of halogens is 2. The van der Waals surface area contributed by atoms with Gasteiger partial charge in [0.1, 0.15) is 17.0 Å². The number of benzene rings is 2. The van der Waals surface area contributed by atoms with Crippen LogP contribution in [0.4, 0.5) is 19.3 Å². The van der Waals surface area contributed by atoms with E-state index in [9.17, 15) is 13.6 Å². The number of urea groups is 1. The number of amides is 2. The molecule has 1 atom stereocenters. The first-order chi connectivity index (χ1) is 10.6. The summed E-state index contributed by atoms with van der Waals surface area (Å²) < 4.78 is 26.2. The minimum Gasteiger partial charge on any atom is -0.308 e. The van der Waals surface area contributed by atoms with Gasteiger partial charge in [-0.2, -0.15) is 0 Å². The van der Waals surface area contributed by atoms with Crippen LogP contribution in [0.3, 0.4) is 0 Å². The number of carbonyl (C=O) groups is 1. The first kappa shape index (κ1) is 14.8. The third-order valence-electron chi connectivity index (χ3n) is 3.38. The molecule has 2 aromatic rings. The second-order valence-corrected chi connectivity index (χ2v) is 6.10. The highest BCUT2D eigenvalue weighted by Gasteiger charge is 2.30. The van der Waals surface area contributed by atoms with E-state index in [4.69, 9.17) is 0 Å². The van der Waals surface area contributed by atoms with Gasteiger partial charge in [-0.1, -0.05) is 18.2 Å². The van der Waals surface area contributed by atoms with Gasteiger partial charge in [-0.05, 0) is 35.9 Å². The Morgan fingerprint density at radius 2 is 1.91 bits per heavy atom. The lowest BCUT2D eigenvalue weighted by molar-refractivity contribution is 0.214. The molecule has 2 aromatic carbocycles. The van der Waals surface area contributed by atoms with Crippen LogP contribution in [0.5, 0.6) is 0 Å². The second kappa shape index (κ2) is 6.36. The Morgan fingerprint density at radius 3 is 2.64 bits per heavy atom. The molecule has 1 fully saturated rings.